The third-order valence-electron chi connectivity index (χ3n) is 9.18. The van der Waals surface area contributed by atoms with Gasteiger partial charge in [0.1, 0.15) is 18.2 Å². The van der Waals surface area contributed by atoms with Crippen molar-refractivity contribution in [3.8, 4) is 5.88 Å². The van der Waals surface area contributed by atoms with Gasteiger partial charge in [0.15, 0.2) is 0 Å². The largest absolute Gasteiger partial charge is 0.522 e. The molecule has 1 aliphatic heterocycles. The minimum absolute atomic E-state index is 0.0166. The smallest absolute Gasteiger partial charge is 0.473 e. The molecule has 0 bridgehead atoms. The number of benzene rings is 3. The molecule has 52 heavy (non-hydrogen) atoms. The zero-order valence-electron chi connectivity index (χ0n) is 28.0. The maximum absolute atomic E-state index is 14.2. The summed E-state index contributed by atoms with van der Waals surface area (Å²) in [5, 5.41) is 11.2. The number of aryl methyl sites for hydroxylation is 1. The van der Waals surface area contributed by atoms with Crippen molar-refractivity contribution in [3.05, 3.63) is 112 Å². The summed E-state index contributed by atoms with van der Waals surface area (Å²) in [5.41, 5.74) is 4.98. The first-order valence-electron chi connectivity index (χ1n) is 16.7. The first-order valence-corrected chi connectivity index (χ1v) is 17.1. The van der Waals surface area contributed by atoms with Crippen LogP contribution in [-0.4, -0.2) is 61.6 Å². The number of nitrogens with zero attached hydrogens (tertiary/aromatic N) is 5. The van der Waals surface area contributed by atoms with Crippen LogP contribution in [0.15, 0.2) is 72.8 Å². The molecule has 4 heterocycles. The number of hydrogen-bond acceptors (Lipinski definition) is 7. The summed E-state index contributed by atoms with van der Waals surface area (Å²) in [6, 6.07) is 20.4. The Morgan fingerprint density at radius 2 is 1.85 bits per heavy atom. The number of aromatic amines is 1. The van der Waals surface area contributed by atoms with Crippen LogP contribution in [0, 0.1) is 12.7 Å². The number of ether oxygens (including phenoxy) is 2. The number of amides is 1. The van der Waals surface area contributed by atoms with Gasteiger partial charge in [-0.2, -0.15) is 5.10 Å². The summed E-state index contributed by atoms with van der Waals surface area (Å²) in [6.45, 7) is 3.07. The Kier molecular flexibility index (Phi) is 10.1. The van der Waals surface area contributed by atoms with Gasteiger partial charge in [-0.05, 0) is 87.5 Å². The van der Waals surface area contributed by atoms with Gasteiger partial charge in [-0.1, -0.05) is 23.7 Å². The molecule has 3 aromatic carbocycles. The Morgan fingerprint density at radius 3 is 2.63 bits per heavy atom. The van der Waals surface area contributed by atoms with E-state index >= 15 is 0 Å². The summed E-state index contributed by atoms with van der Waals surface area (Å²) in [7, 11) is 0. The van der Waals surface area contributed by atoms with E-state index in [2.05, 4.69) is 30.1 Å². The standard InChI is InChI=1S/C37H34ClF4N7O3/c1-22-28-17-24(6-9-31(28)47-46-22)36(50)43-27-8-10-33-32(19-27)44-34(49(33)15-16-52-37(40,41)42)20-48-13-11-23(12-14-48)30-3-2-4-35(45-30)51-21-25-5-7-26(38)18-29(25)39/h2-10,17-19,23H,11-16,20-21H2,1H3,(H,43,50)(H,46,47). The lowest BCUT2D eigenvalue weighted by atomic mass is 9.93. The van der Waals surface area contributed by atoms with Gasteiger partial charge in [-0.3, -0.25) is 19.5 Å². The first kappa shape index (κ1) is 35.4. The second-order valence-corrected chi connectivity index (χ2v) is 13.1. The topological polar surface area (TPSA) is 110 Å². The summed E-state index contributed by atoms with van der Waals surface area (Å²) < 4.78 is 64.5. The minimum atomic E-state index is -4.75. The van der Waals surface area contributed by atoms with E-state index in [1.54, 1.807) is 59.2 Å². The van der Waals surface area contributed by atoms with Gasteiger partial charge < -0.3 is 14.6 Å². The van der Waals surface area contributed by atoms with Crippen molar-refractivity contribution in [2.45, 2.75) is 51.7 Å². The summed E-state index contributed by atoms with van der Waals surface area (Å²) >= 11 is 5.85. The monoisotopic (exact) mass is 735 g/mol. The summed E-state index contributed by atoms with van der Waals surface area (Å²) in [5.74, 6) is 0.389. The molecule has 0 radical (unpaired) electrons. The molecule has 7 rings (SSSR count). The molecule has 0 spiro atoms. The number of carbonyl (C=O) groups is 1. The van der Waals surface area contributed by atoms with Crippen LogP contribution in [0.2, 0.25) is 5.02 Å². The molecule has 270 valence electrons. The molecule has 0 aliphatic carbocycles. The molecule has 15 heteroatoms. The number of H-pyrrole nitrogens is 1. The van der Waals surface area contributed by atoms with Crippen LogP contribution in [0.1, 0.15) is 51.9 Å². The fraction of sp³-hybridized carbons (Fsp3) is 0.297. The fourth-order valence-electron chi connectivity index (χ4n) is 6.48. The Hall–Kier alpha value is -5.05. The SMILES string of the molecule is Cc1[nH]nc2ccc(C(=O)Nc3ccc4c(c3)nc(CN3CCC(c5cccc(OCc6ccc(Cl)cc6F)n5)CC3)n4CCOC(F)(F)F)cc12. The van der Waals surface area contributed by atoms with Gasteiger partial charge in [0, 0.05) is 57.1 Å². The number of alkyl halides is 3. The number of likely N-dealkylation sites (tertiary alicyclic amines) is 1. The van der Waals surface area contributed by atoms with Crippen molar-refractivity contribution in [1.29, 1.82) is 0 Å². The maximum Gasteiger partial charge on any atom is 0.522 e. The number of nitrogens with one attached hydrogen (secondary N) is 2. The van der Waals surface area contributed by atoms with E-state index in [4.69, 9.17) is 21.3 Å². The molecule has 0 atom stereocenters. The number of imidazole rings is 1. The number of fused-ring (bicyclic) bond motifs is 2. The van der Waals surface area contributed by atoms with E-state index in [1.807, 2.05) is 19.1 Å². The molecule has 1 fully saturated rings. The van der Waals surface area contributed by atoms with Crippen LogP contribution in [-0.2, 0) is 24.4 Å². The lowest BCUT2D eigenvalue weighted by Crippen LogP contribution is -2.33. The fourth-order valence-corrected chi connectivity index (χ4v) is 6.64. The zero-order chi connectivity index (χ0) is 36.4. The minimum Gasteiger partial charge on any atom is -0.473 e. The summed E-state index contributed by atoms with van der Waals surface area (Å²) in [4.78, 5) is 24.8. The number of rotatable bonds is 11. The van der Waals surface area contributed by atoms with Crippen molar-refractivity contribution in [3.63, 3.8) is 0 Å². The first-order chi connectivity index (χ1) is 25.0. The molecule has 10 nitrogen and oxygen atoms in total. The maximum atomic E-state index is 14.2. The number of hydrogen-bond donors (Lipinski definition) is 2. The summed E-state index contributed by atoms with van der Waals surface area (Å²) in [6.07, 6.45) is -3.17. The van der Waals surface area contributed by atoms with Crippen molar-refractivity contribution < 1.29 is 31.8 Å². The van der Waals surface area contributed by atoms with Crippen molar-refractivity contribution in [1.82, 2.24) is 29.6 Å². The van der Waals surface area contributed by atoms with E-state index in [1.165, 1.54) is 6.07 Å². The van der Waals surface area contributed by atoms with Gasteiger partial charge in [-0.25, -0.2) is 14.4 Å². The predicted molar refractivity (Wildman–Crippen MR) is 188 cm³/mol. The van der Waals surface area contributed by atoms with Gasteiger partial charge in [-0.15, -0.1) is 13.2 Å². The Labute approximate surface area is 300 Å². The third-order valence-corrected chi connectivity index (χ3v) is 9.41. The molecule has 0 saturated carbocycles. The highest BCUT2D eigenvalue weighted by Gasteiger charge is 2.29. The van der Waals surface area contributed by atoms with Crippen LogP contribution in [0.5, 0.6) is 5.88 Å². The average molecular weight is 736 g/mol. The second-order valence-electron chi connectivity index (χ2n) is 12.7. The molecule has 6 aromatic rings. The van der Waals surface area contributed by atoms with Crippen LogP contribution in [0.4, 0.5) is 23.2 Å². The molecular weight excluding hydrogens is 702 g/mol. The predicted octanol–water partition coefficient (Wildman–Crippen LogP) is 8.16. The highest BCUT2D eigenvalue weighted by Crippen LogP contribution is 2.30. The van der Waals surface area contributed by atoms with E-state index in [0.29, 0.717) is 64.2 Å². The normalized spacial score (nSPS) is 14.3. The van der Waals surface area contributed by atoms with Crippen molar-refractivity contribution >= 4 is 45.1 Å². The molecule has 1 aliphatic rings. The Balaban J connectivity index is 1.03. The van der Waals surface area contributed by atoms with E-state index in [-0.39, 0.29) is 25.0 Å². The van der Waals surface area contributed by atoms with Crippen molar-refractivity contribution in [2.75, 3.05) is 25.0 Å². The van der Waals surface area contributed by atoms with E-state index in [9.17, 15) is 22.4 Å². The Morgan fingerprint density at radius 1 is 1.02 bits per heavy atom. The molecule has 1 amide bonds. The van der Waals surface area contributed by atoms with Gasteiger partial charge in [0.2, 0.25) is 5.88 Å². The van der Waals surface area contributed by atoms with Crippen LogP contribution in [0.3, 0.4) is 0 Å². The van der Waals surface area contributed by atoms with Gasteiger partial charge >= 0.3 is 6.36 Å². The van der Waals surface area contributed by atoms with E-state index in [0.717, 1.165) is 35.1 Å². The van der Waals surface area contributed by atoms with Crippen LogP contribution < -0.4 is 10.1 Å². The van der Waals surface area contributed by atoms with Gasteiger partial charge in [0.05, 0.1) is 29.7 Å². The molecule has 2 N–H and O–H groups in total. The average Bonchev–Trinajstić information content (AvgIpc) is 3.66. The lowest BCUT2D eigenvalue weighted by Gasteiger charge is -2.31. The zero-order valence-corrected chi connectivity index (χ0v) is 28.8. The molecular formula is C37H34ClF4N7O3. The molecule has 3 aromatic heterocycles. The number of pyridine rings is 1. The molecule has 1 saturated heterocycles. The van der Waals surface area contributed by atoms with Crippen molar-refractivity contribution in [2.24, 2.45) is 0 Å². The molecule has 0 unspecified atom stereocenters. The highest BCUT2D eigenvalue weighted by atomic mass is 35.5. The number of piperidine rings is 1. The number of aromatic nitrogens is 5. The number of anilines is 1. The quantitative estimate of drug-likeness (QED) is 0.129. The van der Waals surface area contributed by atoms with Crippen LogP contribution in [0.25, 0.3) is 21.9 Å². The highest BCUT2D eigenvalue weighted by molar-refractivity contribution is 6.30. The number of halogens is 5. The second kappa shape index (κ2) is 14.9. The third kappa shape index (κ3) is 8.19. The van der Waals surface area contributed by atoms with Gasteiger partial charge in [0.25, 0.3) is 5.91 Å². The van der Waals surface area contributed by atoms with Crippen LogP contribution >= 0.6 is 11.6 Å². The number of carbonyl (C=O) groups excluding carboxylic acids is 1. The van der Waals surface area contributed by atoms with E-state index < -0.39 is 18.8 Å². The Bertz CT molecular complexity index is 2230. The lowest BCUT2D eigenvalue weighted by molar-refractivity contribution is -0.325.